The number of nitrogens with one attached hydrogen (secondary N) is 1. The number of carbonyl (C=O) groups excluding carboxylic acids is 1. The fourth-order valence-electron chi connectivity index (χ4n) is 5.85. The molecule has 0 radical (unpaired) electrons. The van der Waals surface area contributed by atoms with Crippen LogP contribution in [0.5, 0.6) is 11.5 Å². The number of hydrogen-bond acceptors (Lipinski definition) is 8. The number of pyridine rings is 1. The molecule has 1 saturated carbocycles. The average molecular weight is 567 g/mol. The Labute approximate surface area is 239 Å². The minimum Gasteiger partial charge on any atom is -0.496 e. The summed E-state index contributed by atoms with van der Waals surface area (Å²) in [7, 11) is 1.74. The van der Waals surface area contributed by atoms with E-state index in [4.69, 9.17) is 19.6 Å². The van der Waals surface area contributed by atoms with Crippen molar-refractivity contribution in [3.8, 4) is 11.5 Å². The molecule has 0 bridgehead atoms. The molecule has 1 saturated heterocycles. The molecule has 8 nitrogen and oxygen atoms in total. The van der Waals surface area contributed by atoms with Crippen LogP contribution in [0.15, 0.2) is 60.1 Å². The number of ether oxygens (including phenoxy) is 3. The number of rotatable bonds is 9. The molecule has 1 spiro atoms. The van der Waals surface area contributed by atoms with Crippen molar-refractivity contribution in [1.29, 1.82) is 0 Å². The molecule has 5 rings (SSSR count). The third-order valence-corrected chi connectivity index (χ3v) is 8.64. The van der Waals surface area contributed by atoms with E-state index in [-0.39, 0.29) is 22.3 Å². The summed E-state index contributed by atoms with van der Waals surface area (Å²) >= 11 is 1.75. The first-order valence-corrected chi connectivity index (χ1v) is 14.6. The Hall–Kier alpha value is -3.27. The Morgan fingerprint density at radius 3 is 2.55 bits per heavy atom. The molecular formula is C31H38N2O6S. The second-order valence-electron chi connectivity index (χ2n) is 10.4. The van der Waals surface area contributed by atoms with E-state index in [0.29, 0.717) is 0 Å². The maximum Gasteiger partial charge on any atom is 0.339 e. The molecule has 1 atom stereocenters. The first-order chi connectivity index (χ1) is 19.4. The van der Waals surface area contributed by atoms with Crippen molar-refractivity contribution in [1.82, 2.24) is 10.3 Å². The van der Waals surface area contributed by atoms with E-state index >= 15 is 0 Å². The van der Waals surface area contributed by atoms with Crippen LogP contribution >= 0.6 is 11.3 Å². The molecule has 2 N–H and O–H groups in total. The second kappa shape index (κ2) is 13.9. The van der Waals surface area contributed by atoms with E-state index < -0.39 is 11.9 Å². The molecule has 0 amide bonds. The molecule has 0 unspecified atom stereocenters. The van der Waals surface area contributed by atoms with Crippen molar-refractivity contribution in [2.45, 2.75) is 69.4 Å². The molecule has 9 heteroatoms. The summed E-state index contributed by atoms with van der Waals surface area (Å²) < 4.78 is 16.5. The maximum atomic E-state index is 10.6. The standard InChI is InChI=1S/C22H30N2O2S.C9H8O4/c1-25-18-7-15-27-19(18)16-23-13-10-21(20-6-2-5-12-24-20)11-14-26-22(17-21)8-3-4-9-22;1-6(10)13-8-5-3-2-4-7(8)9(11)12/h2,5-7,12,15,23H,3-4,8-11,13-14,16-17H2,1H3;2-5H,1H3,(H,11,12)/t21-;/m1./s1. The highest BCUT2D eigenvalue weighted by Crippen LogP contribution is 2.49. The summed E-state index contributed by atoms with van der Waals surface area (Å²) in [4.78, 5) is 27.2. The smallest absolute Gasteiger partial charge is 0.339 e. The zero-order chi connectivity index (χ0) is 28.4. The number of aromatic carboxylic acids is 1. The number of aromatic nitrogens is 1. The zero-order valence-corrected chi connectivity index (χ0v) is 24.0. The van der Waals surface area contributed by atoms with E-state index in [1.165, 1.54) is 55.3 Å². The average Bonchev–Trinajstić information content (AvgIpc) is 3.61. The first kappa shape index (κ1) is 29.7. The number of carboxylic acids is 1. The number of thiophene rings is 1. The lowest BCUT2D eigenvalue weighted by molar-refractivity contribution is -0.131. The van der Waals surface area contributed by atoms with Crippen LogP contribution in [0.3, 0.4) is 0 Å². The predicted molar refractivity (Wildman–Crippen MR) is 154 cm³/mol. The summed E-state index contributed by atoms with van der Waals surface area (Å²) in [6.07, 6.45) is 10.2. The first-order valence-electron chi connectivity index (χ1n) is 13.7. The Kier molecular flexibility index (Phi) is 10.3. The molecule has 2 aliphatic rings. The minimum atomic E-state index is -1.11. The van der Waals surface area contributed by atoms with Gasteiger partial charge in [-0.3, -0.25) is 9.78 Å². The van der Waals surface area contributed by atoms with Crippen LogP contribution in [0.25, 0.3) is 0 Å². The normalized spacial score (nSPS) is 19.4. The Bertz CT molecular complexity index is 1260. The van der Waals surface area contributed by atoms with Crippen LogP contribution in [-0.4, -0.2) is 47.9 Å². The van der Waals surface area contributed by atoms with Gasteiger partial charge in [-0.1, -0.05) is 31.0 Å². The summed E-state index contributed by atoms with van der Waals surface area (Å²) in [6.45, 7) is 3.92. The van der Waals surface area contributed by atoms with Crippen LogP contribution in [0.2, 0.25) is 0 Å². The lowest BCUT2D eigenvalue weighted by atomic mass is 9.68. The van der Waals surface area contributed by atoms with E-state index in [2.05, 4.69) is 27.6 Å². The number of carboxylic acid groups (broad SMARTS) is 1. The summed E-state index contributed by atoms with van der Waals surface area (Å²) in [5.74, 6) is -0.587. The molecule has 40 heavy (non-hydrogen) atoms. The lowest BCUT2D eigenvalue weighted by Crippen LogP contribution is -2.47. The van der Waals surface area contributed by atoms with E-state index in [1.54, 1.807) is 30.6 Å². The van der Waals surface area contributed by atoms with Crippen LogP contribution in [-0.2, 0) is 21.5 Å². The highest BCUT2D eigenvalue weighted by molar-refractivity contribution is 7.10. The van der Waals surface area contributed by atoms with Gasteiger partial charge in [-0.15, -0.1) is 11.3 Å². The fourth-order valence-corrected chi connectivity index (χ4v) is 6.66. The van der Waals surface area contributed by atoms with Gasteiger partial charge in [-0.05, 0) is 74.4 Å². The topological polar surface area (TPSA) is 107 Å². The molecular weight excluding hydrogens is 528 g/mol. The number of nitrogens with zero attached hydrogens (tertiary/aromatic N) is 1. The zero-order valence-electron chi connectivity index (χ0n) is 23.2. The molecule has 1 aliphatic carbocycles. The molecule has 214 valence electrons. The number of carbonyl (C=O) groups is 2. The number of hydrogen-bond donors (Lipinski definition) is 2. The van der Waals surface area contributed by atoms with E-state index in [9.17, 15) is 9.59 Å². The van der Waals surface area contributed by atoms with Crippen molar-refractivity contribution in [3.05, 3.63) is 76.2 Å². The molecule has 3 heterocycles. The third-order valence-electron chi connectivity index (χ3n) is 7.73. The van der Waals surface area contributed by atoms with Crippen molar-refractivity contribution in [2.75, 3.05) is 20.3 Å². The van der Waals surface area contributed by atoms with Crippen LogP contribution in [0.4, 0.5) is 0 Å². The quantitative estimate of drug-likeness (QED) is 0.184. The Morgan fingerprint density at radius 2 is 1.85 bits per heavy atom. The molecule has 1 aromatic carbocycles. The summed E-state index contributed by atoms with van der Waals surface area (Å²) in [5, 5.41) is 14.4. The van der Waals surface area contributed by atoms with Gasteiger partial charge >= 0.3 is 11.9 Å². The van der Waals surface area contributed by atoms with Gasteiger partial charge in [-0.2, -0.15) is 0 Å². The lowest BCUT2D eigenvalue weighted by Gasteiger charge is -2.46. The minimum absolute atomic E-state index is 0.0160. The summed E-state index contributed by atoms with van der Waals surface area (Å²) in [6, 6.07) is 14.4. The van der Waals surface area contributed by atoms with Crippen molar-refractivity contribution < 1.29 is 28.9 Å². The number of benzene rings is 1. The largest absolute Gasteiger partial charge is 0.496 e. The van der Waals surface area contributed by atoms with Gasteiger partial charge in [0, 0.05) is 37.4 Å². The predicted octanol–water partition coefficient (Wildman–Crippen LogP) is 6.00. The molecule has 2 aromatic heterocycles. The monoisotopic (exact) mass is 566 g/mol. The van der Waals surface area contributed by atoms with E-state index in [1.807, 2.05) is 18.3 Å². The van der Waals surface area contributed by atoms with Crippen molar-refractivity contribution in [3.63, 3.8) is 0 Å². The third kappa shape index (κ3) is 7.47. The van der Waals surface area contributed by atoms with Crippen LogP contribution in [0, 0.1) is 0 Å². The SMILES string of the molecule is CC(=O)Oc1ccccc1C(=O)O.COc1ccsc1CNCC[C@@]1(c2ccccn2)CCOC2(CCCC2)C1. The number of esters is 1. The second-order valence-corrected chi connectivity index (χ2v) is 11.4. The number of para-hydroxylation sites is 1. The van der Waals surface area contributed by atoms with Gasteiger partial charge in [0.25, 0.3) is 0 Å². The molecule has 3 aromatic rings. The number of methoxy groups -OCH3 is 1. The summed E-state index contributed by atoms with van der Waals surface area (Å²) in [5.41, 5.74) is 1.44. The van der Waals surface area contributed by atoms with Crippen LogP contribution in [0.1, 0.15) is 72.8 Å². The van der Waals surface area contributed by atoms with Gasteiger partial charge in [0.1, 0.15) is 17.1 Å². The molecule has 2 fully saturated rings. The fraction of sp³-hybridized carbons (Fsp3) is 0.452. The highest BCUT2D eigenvalue weighted by atomic mass is 32.1. The van der Waals surface area contributed by atoms with Crippen molar-refractivity contribution >= 4 is 23.3 Å². The Morgan fingerprint density at radius 1 is 1.07 bits per heavy atom. The van der Waals surface area contributed by atoms with E-state index in [0.717, 1.165) is 44.7 Å². The Balaban J connectivity index is 0.000000240. The van der Waals surface area contributed by atoms with Crippen molar-refractivity contribution in [2.24, 2.45) is 0 Å². The van der Waals surface area contributed by atoms with Crippen LogP contribution < -0.4 is 14.8 Å². The highest BCUT2D eigenvalue weighted by Gasteiger charge is 2.48. The van der Waals surface area contributed by atoms with Gasteiger partial charge in [0.15, 0.2) is 0 Å². The van der Waals surface area contributed by atoms with Gasteiger partial charge in [-0.25, -0.2) is 4.79 Å². The van der Waals surface area contributed by atoms with Gasteiger partial charge < -0.3 is 24.6 Å². The van der Waals surface area contributed by atoms with Gasteiger partial charge in [0.05, 0.1) is 17.6 Å². The molecule has 1 aliphatic heterocycles. The maximum absolute atomic E-state index is 10.6. The van der Waals surface area contributed by atoms with Gasteiger partial charge in [0.2, 0.25) is 0 Å².